The van der Waals surface area contributed by atoms with Crippen molar-refractivity contribution in [3.63, 3.8) is 0 Å². The van der Waals surface area contributed by atoms with Gasteiger partial charge in [-0.3, -0.25) is 4.79 Å². The minimum atomic E-state index is 0.00136. The molecule has 0 saturated carbocycles. The molecule has 0 fully saturated rings. The topological polar surface area (TPSA) is 51.2 Å². The maximum atomic E-state index is 11.9. The van der Waals surface area contributed by atoms with E-state index < -0.39 is 0 Å². The van der Waals surface area contributed by atoms with Crippen LogP contribution >= 0.6 is 11.3 Å². The van der Waals surface area contributed by atoms with Crippen molar-refractivity contribution in [2.75, 3.05) is 12.4 Å². The summed E-state index contributed by atoms with van der Waals surface area (Å²) in [4.78, 5) is 16.4. The fourth-order valence-corrected chi connectivity index (χ4v) is 2.78. The second-order valence-electron chi connectivity index (χ2n) is 5.10. The largest absolute Gasteiger partial charge is 0.497 e. The van der Waals surface area contributed by atoms with E-state index in [9.17, 15) is 4.79 Å². The molecule has 2 rings (SSSR count). The predicted octanol–water partition coefficient (Wildman–Crippen LogP) is 3.85. The summed E-state index contributed by atoms with van der Waals surface area (Å²) < 4.78 is 5.08. The number of aryl methyl sites for hydroxylation is 1. The van der Waals surface area contributed by atoms with Gasteiger partial charge < -0.3 is 10.1 Å². The van der Waals surface area contributed by atoms with Crippen LogP contribution in [0.2, 0.25) is 0 Å². The summed E-state index contributed by atoms with van der Waals surface area (Å²) in [7, 11) is 1.62. The Hall–Kier alpha value is -1.88. The third-order valence-corrected chi connectivity index (χ3v) is 4.03. The molecule has 0 aliphatic heterocycles. The van der Waals surface area contributed by atoms with Crippen molar-refractivity contribution < 1.29 is 9.53 Å². The third-order valence-electron chi connectivity index (χ3n) is 3.10. The number of thiazole rings is 1. The Morgan fingerprint density at radius 3 is 2.62 bits per heavy atom. The number of nitrogens with zero attached hydrogens (tertiary/aromatic N) is 1. The van der Waals surface area contributed by atoms with Crippen molar-refractivity contribution >= 4 is 22.9 Å². The molecule has 0 unspecified atom stereocenters. The summed E-state index contributed by atoms with van der Waals surface area (Å²) in [6, 6.07) is 7.31. The molecule has 1 aromatic heterocycles. The standard InChI is InChI=1S/C16H20N2O2S/c1-11(2)14-10-21-16(18-14)9-8-15(19)17-12-4-6-13(20-3)7-5-12/h4-7,10-11H,8-9H2,1-3H3,(H,17,19). The summed E-state index contributed by atoms with van der Waals surface area (Å²) >= 11 is 1.62. The average Bonchev–Trinajstić information content (AvgIpc) is 2.95. The molecule has 1 N–H and O–H groups in total. The molecule has 0 radical (unpaired) electrons. The molecular weight excluding hydrogens is 284 g/mol. The van der Waals surface area contributed by atoms with Gasteiger partial charge in [0.05, 0.1) is 17.8 Å². The molecule has 4 nitrogen and oxygen atoms in total. The highest BCUT2D eigenvalue weighted by Gasteiger charge is 2.08. The highest BCUT2D eigenvalue weighted by atomic mass is 32.1. The van der Waals surface area contributed by atoms with E-state index in [1.54, 1.807) is 18.4 Å². The van der Waals surface area contributed by atoms with E-state index in [4.69, 9.17) is 4.74 Å². The number of carbonyl (C=O) groups excluding carboxylic acids is 1. The molecule has 0 aliphatic carbocycles. The molecule has 0 atom stereocenters. The highest BCUT2D eigenvalue weighted by molar-refractivity contribution is 7.09. The number of methoxy groups -OCH3 is 1. The number of nitrogens with one attached hydrogen (secondary N) is 1. The predicted molar refractivity (Wildman–Crippen MR) is 86.1 cm³/mol. The highest BCUT2D eigenvalue weighted by Crippen LogP contribution is 2.19. The number of hydrogen-bond acceptors (Lipinski definition) is 4. The molecule has 0 bridgehead atoms. The molecule has 1 heterocycles. The Labute approximate surface area is 129 Å². The van der Waals surface area contributed by atoms with Crippen LogP contribution in [0.1, 0.15) is 36.9 Å². The Morgan fingerprint density at radius 2 is 2.05 bits per heavy atom. The number of ether oxygens (including phenoxy) is 1. The van der Waals surface area contributed by atoms with E-state index in [1.165, 1.54) is 0 Å². The molecule has 2 aromatic rings. The van der Waals surface area contributed by atoms with Crippen LogP contribution in [0.3, 0.4) is 0 Å². The summed E-state index contributed by atoms with van der Waals surface area (Å²) in [5, 5.41) is 5.96. The lowest BCUT2D eigenvalue weighted by atomic mass is 10.2. The van der Waals surface area contributed by atoms with Crippen molar-refractivity contribution in [1.82, 2.24) is 4.98 Å². The monoisotopic (exact) mass is 304 g/mol. The molecular formula is C16H20N2O2S. The number of amides is 1. The lowest BCUT2D eigenvalue weighted by molar-refractivity contribution is -0.116. The average molecular weight is 304 g/mol. The Bertz CT molecular complexity index is 591. The Balaban J connectivity index is 1.83. The van der Waals surface area contributed by atoms with Gasteiger partial charge in [0.25, 0.3) is 0 Å². The van der Waals surface area contributed by atoms with Crippen LogP contribution in [0.4, 0.5) is 5.69 Å². The van der Waals surface area contributed by atoms with Crippen LogP contribution in [0, 0.1) is 0 Å². The maximum absolute atomic E-state index is 11.9. The molecule has 112 valence electrons. The first-order chi connectivity index (χ1) is 10.1. The number of aromatic nitrogens is 1. The molecule has 0 spiro atoms. The third kappa shape index (κ3) is 4.56. The molecule has 5 heteroatoms. The van der Waals surface area contributed by atoms with E-state index >= 15 is 0 Å². The van der Waals surface area contributed by atoms with Crippen LogP contribution in [0.15, 0.2) is 29.6 Å². The van der Waals surface area contributed by atoms with Crippen LogP contribution in [-0.2, 0) is 11.2 Å². The van der Waals surface area contributed by atoms with Gasteiger partial charge in [0.2, 0.25) is 5.91 Å². The van der Waals surface area contributed by atoms with Crippen molar-refractivity contribution in [3.8, 4) is 5.75 Å². The van der Waals surface area contributed by atoms with E-state index in [0.29, 0.717) is 18.8 Å². The van der Waals surface area contributed by atoms with Crippen molar-refractivity contribution in [2.24, 2.45) is 0 Å². The molecule has 1 amide bonds. The number of rotatable bonds is 6. The molecule has 21 heavy (non-hydrogen) atoms. The minimum absolute atomic E-state index is 0.00136. The fourth-order valence-electron chi connectivity index (χ4n) is 1.82. The summed E-state index contributed by atoms with van der Waals surface area (Å²) in [5.41, 5.74) is 1.88. The lowest BCUT2D eigenvalue weighted by Gasteiger charge is -2.05. The van der Waals surface area contributed by atoms with Gasteiger partial charge >= 0.3 is 0 Å². The normalized spacial score (nSPS) is 10.7. The summed E-state index contributed by atoms with van der Waals surface area (Å²) in [6.07, 6.45) is 1.12. The fraction of sp³-hybridized carbons (Fsp3) is 0.375. The smallest absolute Gasteiger partial charge is 0.224 e. The Kier molecular flexibility index (Phi) is 5.33. The SMILES string of the molecule is COc1ccc(NC(=O)CCc2nc(C(C)C)cs2)cc1. The second-order valence-corrected chi connectivity index (χ2v) is 6.04. The van der Waals surface area contributed by atoms with Gasteiger partial charge in [-0.2, -0.15) is 0 Å². The molecule has 1 aromatic carbocycles. The first kappa shape index (κ1) is 15.5. The van der Waals surface area contributed by atoms with Crippen LogP contribution in [0.5, 0.6) is 5.75 Å². The van der Waals surface area contributed by atoms with E-state index in [-0.39, 0.29) is 5.91 Å². The first-order valence-corrected chi connectivity index (χ1v) is 7.84. The van der Waals surface area contributed by atoms with Gasteiger partial charge in [-0.1, -0.05) is 13.8 Å². The Morgan fingerprint density at radius 1 is 1.33 bits per heavy atom. The van der Waals surface area contributed by atoms with Crippen LogP contribution in [0.25, 0.3) is 0 Å². The van der Waals surface area contributed by atoms with Gasteiger partial charge in [0.1, 0.15) is 5.75 Å². The first-order valence-electron chi connectivity index (χ1n) is 6.96. The van der Waals surface area contributed by atoms with E-state index in [2.05, 4.69) is 29.5 Å². The lowest BCUT2D eigenvalue weighted by Crippen LogP contribution is -2.12. The van der Waals surface area contributed by atoms with Gasteiger partial charge in [0.15, 0.2) is 0 Å². The summed E-state index contributed by atoms with van der Waals surface area (Å²) in [5.74, 6) is 1.21. The van der Waals surface area contributed by atoms with E-state index in [1.807, 2.05) is 24.3 Å². The van der Waals surface area contributed by atoms with Gasteiger partial charge in [-0.05, 0) is 30.2 Å². The number of benzene rings is 1. The van der Waals surface area contributed by atoms with E-state index in [0.717, 1.165) is 22.1 Å². The minimum Gasteiger partial charge on any atom is -0.497 e. The van der Waals surface area contributed by atoms with Crippen molar-refractivity contribution in [2.45, 2.75) is 32.6 Å². The van der Waals surface area contributed by atoms with Crippen LogP contribution < -0.4 is 10.1 Å². The maximum Gasteiger partial charge on any atom is 0.224 e. The summed E-state index contributed by atoms with van der Waals surface area (Å²) in [6.45, 7) is 4.24. The quantitative estimate of drug-likeness (QED) is 0.882. The van der Waals surface area contributed by atoms with Gasteiger partial charge in [0, 0.05) is 23.9 Å². The van der Waals surface area contributed by atoms with Crippen LogP contribution in [-0.4, -0.2) is 18.0 Å². The van der Waals surface area contributed by atoms with Crippen molar-refractivity contribution in [1.29, 1.82) is 0 Å². The van der Waals surface area contributed by atoms with Gasteiger partial charge in [-0.15, -0.1) is 11.3 Å². The molecule has 0 aliphatic rings. The van der Waals surface area contributed by atoms with Gasteiger partial charge in [-0.25, -0.2) is 4.98 Å². The second kappa shape index (κ2) is 7.22. The van der Waals surface area contributed by atoms with Crippen molar-refractivity contribution in [3.05, 3.63) is 40.3 Å². The number of hydrogen-bond donors (Lipinski definition) is 1. The zero-order valence-electron chi connectivity index (χ0n) is 12.6. The number of carbonyl (C=O) groups is 1. The molecule has 0 saturated heterocycles. The zero-order valence-corrected chi connectivity index (χ0v) is 13.4. The number of anilines is 1. The zero-order chi connectivity index (χ0) is 15.2.